The van der Waals surface area contributed by atoms with E-state index in [2.05, 4.69) is 4.74 Å². The highest BCUT2D eigenvalue weighted by Gasteiger charge is 2.05. The lowest BCUT2D eigenvalue weighted by molar-refractivity contribution is -0.129. The van der Waals surface area contributed by atoms with E-state index >= 15 is 0 Å². The smallest absolute Gasteiger partial charge is 0.293 e. The summed E-state index contributed by atoms with van der Waals surface area (Å²) in [4.78, 5) is 9.89. The molecule has 0 saturated heterocycles. The molecule has 0 spiro atoms. The van der Waals surface area contributed by atoms with E-state index in [1.165, 1.54) is 0 Å². The Labute approximate surface area is 70.3 Å². The lowest BCUT2D eigenvalue weighted by Gasteiger charge is -1.93. The van der Waals surface area contributed by atoms with Gasteiger partial charge in [0.1, 0.15) is 18.1 Å². The zero-order valence-corrected chi connectivity index (χ0v) is 6.87. The molecule has 0 radical (unpaired) electrons. The molecule has 1 rings (SSSR count). The lowest BCUT2D eigenvalue weighted by Crippen LogP contribution is -1.93. The van der Waals surface area contributed by atoms with E-state index in [0.29, 0.717) is 18.8 Å². The Bertz CT molecular complexity index is 267. The number of hydrogen-bond donors (Lipinski definition) is 1. The summed E-state index contributed by atoms with van der Waals surface area (Å²) in [6, 6.07) is 1.79. The fourth-order valence-electron chi connectivity index (χ4n) is 0.955. The van der Waals surface area contributed by atoms with Crippen LogP contribution in [0.4, 0.5) is 0 Å². The zero-order chi connectivity index (χ0) is 8.97. The molecule has 4 heteroatoms. The molecule has 1 aromatic rings. The summed E-state index contributed by atoms with van der Waals surface area (Å²) in [6.45, 7) is 2.83. The van der Waals surface area contributed by atoms with Crippen molar-refractivity contribution in [3.63, 3.8) is 0 Å². The van der Waals surface area contributed by atoms with Crippen molar-refractivity contribution >= 4 is 6.47 Å². The van der Waals surface area contributed by atoms with Crippen LogP contribution in [-0.4, -0.2) is 6.47 Å². The second kappa shape index (κ2) is 3.92. The Balaban J connectivity index is 2.70. The second-order valence-electron chi connectivity index (χ2n) is 2.41. The van der Waals surface area contributed by atoms with Gasteiger partial charge < -0.3 is 14.9 Å². The van der Waals surface area contributed by atoms with E-state index in [1.54, 1.807) is 6.07 Å². The van der Waals surface area contributed by atoms with Gasteiger partial charge in [-0.3, -0.25) is 4.79 Å². The molecule has 4 nitrogen and oxygen atoms in total. The summed E-state index contributed by atoms with van der Waals surface area (Å²) in [5, 5.41) is 0. The Morgan fingerprint density at radius 1 is 1.75 bits per heavy atom. The first kappa shape index (κ1) is 8.80. The van der Waals surface area contributed by atoms with E-state index in [4.69, 9.17) is 10.2 Å². The van der Waals surface area contributed by atoms with Gasteiger partial charge >= 0.3 is 0 Å². The Kier molecular flexibility index (Phi) is 2.88. The fourth-order valence-corrected chi connectivity index (χ4v) is 0.955. The molecule has 0 bridgehead atoms. The highest BCUT2D eigenvalue weighted by Crippen LogP contribution is 2.14. The minimum Gasteiger partial charge on any atom is -0.465 e. The van der Waals surface area contributed by atoms with Gasteiger partial charge in [-0.25, -0.2) is 0 Å². The Hall–Kier alpha value is -1.29. The van der Waals surface area contributed by atoms with Crippen LogP contribution in [0.2, 0.25) is 0 Å². The molecular weight excluding hydrogens is 158 g/mol. The number of furan rings is 1. The zero-order valence-electron chi connectivity index (χ0n) is 6.87. The standard InChI is InChI=1S/C8H11NO3/c1-6-7(4-11-5-10)2-8(3-9)12-6/h2,5H,3-4,9H2,1H3. The molecule has 2 N–H and O–H groups in total. The third-order valence-corrected chi connectivity index (χ3v) is 1.58. The molecule has 1 heterocycles. The van der Waals surface area contributed by atoms with Crippen LogP contribution < -0.4 is 5.73 Å². The molecule has 0 fully saturated rings. The second-order valence-corrected chi connectivity index (χ2v) is 2.41. The van der Waals surface area contributed by atoms with Gasteiger partial charge in [-0.05, 0) is 13.0 Å². The number of hydrogen-bond acceptors (Lipinski definition) is 4. The average Bonchev–Trinajstić information content (AvgIpc) is 2.43. The number of carbonyl (C=O) groups excluding carboxylic acids is 1. The van der Waals surface area contributed by atoms with Gasteiger partial charge in [0.15, 0.2) is 0 Å². The number of aryl methyl sites for hydroxylation is 1. The van der Waals surface area contributed by atoms with Crippen LogP contribution in [0.5, 0.6) is 0 Å². The minimum absolute atomic E-state index is 0.249. The van der Waals surface area contributed by atoms with Crippen LogP contribution in [0.25, 0.3) is 0 Å². The number of rotatable bonds is 4. The molecule has 12 heavy (non-hydrogen) atoms. The SMILES string of the molecule is Cc1oc(CN)cc1COC=O. The average molecular weight is 169 g/mol. The van der Waals surface area contributed by atoms with Crippen LogP contribution in [0, 0.1) is 6.92 Å². The Morgan fingerprint density at radius 3 is 3.00 bits per heavy atom. The van der Waals surface area contributed by atoms with E-state index in [9.17, 15) is 4.79 Å². The van der Waals surface area contributed by atoms with Crippen molar-refractivity contribution in [1.82, 2.24) is 0 Å². The fraction of sp³-hybridized carbons (Fsp3) is 0.375. The monoisotopic (exact) mass is 169 g/mol. The van der Waals surface area contributed by atoms with E-state index in [0.717, 1.165) is 11.3 Å². The highest BCUT2D eigenvalue weighted by molar-refractivity contribution is 5.37. The quantitative estimate of drug-likeness (QED) is 0.674. The van der Waals surface area contributed by atoms with Crippen molar-refractivity contribution in [2.45, 2.75) is 20.1 Å². The molecule has 0 unspecified atom stereocenters. The van der Waals surface area contributed by atoms with E-state index in [-0.39, 0.29) is 6.61 Å². The first-order valence-electron chi connectivity index (χ1n) is 3.61. The van der Waals surface area contributed by atoms with Crippen molar-refractivity contribution in [3.8, 4) is 0 Å². The summed E-state index contributed by atoms with van der Waals surface area (Å²) < 4.78 is 9.82. The molecule has 0 saturated carbocycles. The van der Waals surface area contributed by atoms with Crippen molar-refractivity contribution < 1.29 is 13.9 Å². The lowest BCUT2D eigenvalue weighted by atomic mass is 10.2. The van der Waals surface area contributed by atoms with Gasteiger partial charge in [0.2, 0.25) is 0 Å². The predicted molar refractivity (Wildman–Crippen MR) is 42.2 cm³/mol. The predicted octanol–water partition coefficient (Wildman–Crippen LogP) is 0.720. The molecule has 0 aromatic carbocycles. The van der Waals surface area contributed by atoms with Crippen molar-refractivity contribution in [1.29, 1.82) is 0 Å². The van der Waals surface area contributed by atoms with E-state index < -0.39 is 0 Å². The summed E-state index contributed by atoms with van der Waals surface area (Å²) >= 11 is 0. The molecule has 0 atom stereocenters. The largest absolute Gasteiger partial charge is 0.465 e. The van der Waals surface area contributed by atoms with Crippen LogP contribution in [0.1, 0.15) is 17.1 Å². The maximum atomic E-state index is 9.89. The molecule has 0 aliphatic carbocycles. The molecule has 1 aromatic heterocycles. The highest BCUT2D eigenvalue weighted by atomic mass is 16.5. The van der Waals surface area contributed by atoms with Gasteiger partial charge in [0.05, 0.1) is 6.54 Å². The van der Waals surface area contributed by atoms with Crippen LogP contribution in [0.15, 0.2) is 10.5 Å². The summed E-state index contributed by atoms with van der Waals surface area (Å²) in [5.41, 5.74) is 6.22. The molecule has 0 amide bonds. The third-order valence-electron chi connectivity index (χ3n) is 1.58. The number of carbonyl (C=O) groups is 1. The first-order chi connectivity index (χ1) is 5.77. The first-order valence-corrected chi connectivity index (χ1v) is 3.61. The van der Waals surface area contributed by atoms with Gasteiger partial charge in [0, 0.05) is 5.56 Å². The molecule has 0 aliphatic rings. The maximum absolute atomic E-state index is 9.89. The van der Waals surface area contributed by atoms with Gasteiger partial charge in [-0.1, -0.05) is 0 Å². The maximum Gasteiger partial charge on any atom is 0.293 e. The van der Waals surface area contributed by atoms with Crippen molar-refractivity contribution in [2.75, 3.05) is 0 Å². The number of ether oxygens (including phenoxy) is 1. The number of nitrogens with two attached hydrogens (primary N) is 1. The van der Waals surface area contributed by atoms with Gasteiger partial charge in [-0.2, -0.15) is 0 Å². The molecule has 66 valence electrons. The summed E-state index contributed by atoms with van der Waals surface area (Å²) in [7, 11) is 0. The van der Waals surface area contributed by atoms with Gasteiger partial charge in [-0.15, -0.1) is 0 Å². The van der Waals surface area contributed by atoms with Crippen LogP contribution in [0.3, 0.4) is 0 Å². The van der Waals surface area contributed by atoms with E-state index in [1.807, 2.05) is 6.92 Å². The van der Waals surface area contributed by atoms with Crippen LogP contribution in [-0.2, 0) is 22.7 Å². The summed E-state index contributed by atoms with van der Waals surface area (Å²) in [6.07, 6.45) is 0. The Morgan fingerprint density at radius 2 is 2.50 bits per heavy atom. The van der Waals surface area contributed by atoms with Gasteiger partial charge in [0.25, 0.3) is 6.47 Å². The third kappa shape index (κ3) is 1.85. The van der Waals surface area contributed by atoms with Crippen molar-refractivity contribution in [2.24, 2.45) is 5.73 Å². The summed E-state index contributed by atoms with van der Waals surface area (Å²) in [5.74, 6) is 1.45. The minimum atomic E-state index is 0.249. The molecule has 0 aliphatic heterocycles. The van der Waals surface area contributed by atoms with Crippen molar-refractivity contribution in [3.05, 3.63) is 23.2 Å². The van der Waals surface area contributed by atoms with Crippen LogP contribution >= 0.6 is 0 Å². The topological polar surface area (TPSA) is 65.5 Å². The molecular formula is C8H11NO3. The normalized spacial score (nSPS) is 9.83.